The van der Waals surface area contributed by atoms with Crippen LogP contribution in [0.4, 0.5) is 0 Å². The third kappa shape index (κ3) is 6.53. The molecule has 0 saturated carbocycles. The van der Waals surface area contributed by atoms with Gasteiger partial charge in [-0.2, -0.15) is 5.10 Å². The van der Waals surface area contributed by atoms with Gasteiger partial charge in [0.1, 0.15) is 0 Å². The van der Waals surface area contributed by atoms with Crippen LogP contribution in [0.1, 0.15) is 47.3 Å². The Hall–Kier alpha value is -2.93. The topological polar surface area (TPSA) is 93.2 Å². The van der Waals surface area contributed by atoms with E-state index in [0.29, 0.717) is 13.1 Å². The molecule has 7 nitrogen and oxygen atoms in total. The Kier molecular flexibility index (Phi) is 8.22. The molecule has 1 aliphatic heterocycles. The lowest BCUT2D eigenvalue weighted by molar-refractivity contribution is -0.123. The van der Waals surface area contributed by atoms with E-state index in [0.717, 1.165) is 55.8 Å². The van der Waals surface area contributed by atoms with Crippen LogP contribution in [0.2, 0.25) is 0 Å². The molecule has 32 heavy (non-hydrogen) atoms. The van der Waals surface area contributed by atoms with Gasteiger partial charge >= 0.3 is 0 Å². The number of rotatable bonds is 9. The predicted molar refractivity (Wildman–Crippen MR) is 127 cm³/mol. The van der Waals surface area contributed by atoms with Crippen molar-refractivity contribution in [3.63, 3.8) is 0 Å². The molecule has 0 aliphatic carbocycles. The van der Waals surface area contributed by atoms with Gasteiger partial charge in [-0.3, -0.25) is 14.3 Å². The van der Waals surface area contributed by atoms with Crippen LogP contribution in [0.25, 0.3) is 6.08 Å². The molecule has 7 heteroatoms. The molecule has 1 fully saturated rings. The number of hydrogen-bond donors (Lipinski definition) is 2. The first-order valence-electron chi connectivity index (χ1n) is 11.4. The minimum absolute atomic E-state index is 0.0420. The number of carbonyl (C=O) groups excluding carboxylic acids is 2. The second kappa shape index (κ2) is 11.1. The van der Waals surface area contributed by atoms with Gasteiger partial charge in [-0.05, 0) is 64.8 Å². The zero-order valence-corrected chi connectivity index (χ0v) is 19.4. The summed E-state index contributed by atoms with van der Waals surface area (Å²) in [6.45, 7) is 9.96. The summed E-state index contributed by atoms with van der Waals surface area (Å²) in [6.07, 6.45) is 6.16. The first kappa shape index (κ1) is 23.7. The fourth-order valence-electron chi connectivity index (χ4n) is 4.20. The van der Waals surface area contributed by atoms with E-state index >= 15 is 0 Å². The number of carbonyl (C=O) groups is 2. The minimum Gasteiger partial charge on any atom is -0.369 e. The van der Waals surface area contributed by atoms with Gasteiger partial charge in [0, 0.05) is 30.4 Å². The normalized spacial score (nSPS) is 17.0. The Morgan fingerprint density at radius 1 is 1.22 bits per heavy atom. The maximum atomic E-state index is 12.3. The first-order valence-corrected chi connectivity index (χ1v) is 11.4. The highest BCUT2D eigenvalue weighted by Gasteiger charge is 2.23. The standard InChI is InChI=1S/C25H35N5O2/c1-18-7-9-21(10-8-18)16-30-20(3)23(19(2)28-30)11-12-24(31)27-13-5-15-29-14-4-6-22(17-29)25(26)32/h7-12,22H,4-6,13-17H2,1-3H3,(H2,26,32)(H,27,31)/b12-11+. The van der Waals surface area contributed by atoms with Gasteiger partial charge in [-0.1, -0.05) is 29.8 Å². The Balaban J connectivity index is 1.46. The van der Waals surface area contributed by atoms with Crippen molar-refractivity contribution >= 4 is 17.9 Å². The number of nitrogens with zero attached hydrogens (tertiary/aromatic N) is 3. The summed E-state index contributed by atoms with van der Waals surface area (Å²) in [5, 5.41) is 7.59. The SMILES string of the molecule is Cc1ccc(Cn2nc(C)c(/C=C/C(=O)NCCCN3CCCC(C(N)=O)C3)c2C)cc1. The summed E-state index contributed by atoms with van der Waals surface area (Å²) in [4.78, 5) is 25.9. The number of nitrogens with two attached hydrogens (primary N) is 1. The molecule has 2 amide bonds. The van der Waals surface area contributed by atoms with Gasteiger partial charge < -0.3 is 16.0 Å². The fraction of sp³-hybridized carbons (Fsp3) is 0.480. The lowest BCUT2D eigenvalue weighted by Gasteiger charge is -2.31. The van der Waals surface area contributed by atoms with Crippen molar-refractivity contribution in [3.05, 3.63) is 58.4 Å². The Morgan fingerprint density at radius 2 is 1.97 bits per heavy atom. The average molecular weight is 438 g/mol. The van der Waals surface area contributed by atoms with Gasteiger partial charge in [0.2, 0.25) is 11.8 Å². The Labute approximate surface area is 190 Å². The number of amides is 2. The van der Waals surface area contributed by atoms with Crippen molar-refractivity contribution in [2.45, 2.75) is 46.6 Å². The second-order valence-electron chi connectivity index (χ2n) is 8.75. The smallest absolute Gasteiger partial charge is 0.244 e. The third-order valence-corrected chi connectivity index (χ3v) is 6.15. The van der Waals surface area contributed by atoms with Gasteiger partial charge in [-0.25, -0.2) is 0 Å². The quantitative estimate of drug-likeness (QED) is 0.466. The summed E-state index contributed by atoms with van der Waals surface area (Å²) in [5.74, 6) is -0.357. The highest BCUT2D eigenvalue weighted by molar-refractivity contribution is 5.92. The molecule has 0 spiro atoms. The molecule has 1 aromatic carbocycles. The van der Waals surface area contributed by atoms with E-state index < -0.39 is 0 Å². The summed E-state index contributed by atoms with van der Waals surface area (Å²) >= 11 is 0. The maximum Gasteiger partial charge on any atom is 0.244 e. The van der Waals surface area contributed by atoms with Crippen LogP contribution in [-0.4, -0.2) is 52.7 Å². The average Bonchev–Trinajstić information content (AvgIpc) is 3.04. The molecule has 3 N–H and O–H groups in total. The van der Waals surface area contributed by atoms with E-state index in [4.69, 9.17) is 5.73 Å². The number of piperidine rings is 1. The zero-order valence-electron chi connectivity index (χ0n) is 19.4. The minimum atomic E-state index is -0.207. The van der Waals surface area contributed by atoms with Crippen LogP contribution in [0, 0.1) is 26.7 Å². The molecular formula is C25H35N5O2. The Bertz CT molecular complexity index is 961. The number of likely N-dealkylation sites (tertiary alicyclic amines) is 1. The zero-order chi connectivity index (χ0) is 23.1. The fourth-order valence-corrected chi connectivity index (χ4v) is 4.20. The van der Waals surface area contributed by atoms with E-state index in [9.17, 15) is 9.59 Å². The monoisotopic (exact) mass is 437 g/mol. The molecule has 1 aliphatic rings. The summed E-state index contributed by atoms with van der Waals surface area (Å²) in [5.41, 5.74) is 10.8. The van der Waals surface area contributed by atoms with Gasteiger partial charge in [0.05, 0.1) is 18.2 Å². The van der Waals surface area contributed by atoms with Crippen LogP contribution >= 0.6 is 0 Å². The van der Waals surface area contributed by atoms with E-state index in [1.165, 1.54) is 11.1 Å². The van der Waals surface area contributed by atoms with E-state index in [1.54, 1.807) is 6.08 Å². The number of benzene rings is 1. The Morgan fingerprint density at radius 3 is 2.69 bits per heavy atom. The molecule has 0 radical (unpaired) electrons. The van der Waals surface area contributed by atoms with Crippen molar-refractivity contribution in [3.8, 4) is 0 Å². The molecule has 3 rings (SSSR count). The molecular weight excluding hydrogens is 402 g/mol. The van der Waals surface area contributed by atoms with Crippen molar-refractivity contribution < 1.29 is 9.59 Å². The lowest BCUT2D eigenvalue weighted by atomic mass is 9.97. The van der Waals surface area contributed by atoms with Crippen molar-refractivity contribution in [1.29, 1.82) is 0 Å². The van der Waals surface area contributed by atoms with E-state index in [1.807, 2.05) is 24.6 Å². The number of aromatic nitrogens is 2. The molecule has 172 valence electrons. The van der Waals surface area contributed by atoms with Crippen molar-refractivity contribution in [2.24, 2.45) is 11.7 Å². The van der Waals surface area contributed by atoms with Crippen molar-refractivity contribution in [2.75, 3.05) is 26.2 Å². The molecule has 1 saturated heterocycles. The summed E-state index contributed by atoms with van der Waals surface area (Å²) < 4.78 is 1.98. The first-order chi connectivity index (χ1) is 15.3. The van der Waals surface area contributed by atoms with E-state index in [2.05, 4.69) is 46.5 Å². The van der Waals surface area contributed by atoms with Crippen LogP contribution in [0.3, 0.4) is 0 Å². The van der Waals surface area contributed by atoms with E-state index in [-0.39, 0.29) is 17.7 Å². The number of nitrogens with one attached hydrogen (secondary N) is 1. The third-order valence-electron chi connectivity index (χ3n) is 6.15. The molecule has 2 aromatic rings. The largest absolute Gasteiger partial charge is 0.369 e. The lowest BCUT2D eigenvalue weighted by Crippen LogP contribution is -2.42. The van der Waals surface area contributed by atoms with Crippen LogP contribution in [0.5, 0.6) is 0 Å². The van der Waals surface area contributed by atoms with Crippen LogP contribution < -0.4 is 11.1 Å². The highest BCUT2D eigenvalue weighted by atomic mass is 16.1. The molecule has 1 atom stereocenters. The molecule has 2 heterocycles. The molecule has 0 bridgehead atoms. The van der Waals surface area contributed by atoms with Gasteiger partial charge in [0.15, 0.2) is 0 Å². The number of aryl methyl sites for hydroxylation is 2. The predicted octanol–water partition coefficient (Wildman–Crippen LogP) is 2.57. The summed E-state index contributed by atoms with van der Waals surface area (Å²) in [6, 6.07) is 8.44. The second-order valence-corrected chi connectivity index (χ2v) is 8.75. The van der Waals surface area contributed by atoms with Gasteiger partial charge in [-0.15, -0.1) is 0 Å². The highest BCUT2D eigenvalue weighted by Crippen LogP contribution is 2.17. The summed E-state index contributed by atoms with van der Waals surface area (Å²) in [7, 11) is 0. The van der Waals surface area contributed by atoms with Crippen molar-refractivity contribution in [1.82, 2.24) is 20.0 Å². The van der Waals surface area contributed by atoms with Crippen LogP contribution in [0.15, 0.2) is 30.3 Å². The van der Waals surface area contributed by atoms with Gasteiger partial charge in [0.25, 0.3) is 0 Å². The number of primary amides is 1. The van der Waals surface area contributed by atoms with Crippen LogP contribution in [-0.2, 0) is 16.1 Å². The molecule has 1 unspecified atom stereocenters. The maximum absolute atomic E-state index is 12.3. The number of hydrogen-bond acceptors (Lipinski definition) is 4. The molecule has 1 aromatic heterocycles.